The summed E-state index contributed by atoms with van der Waals surface area (Å²) >= 11 is 5.67. The second kappa shape index (κ2) is 8.62. The maximum absolute atomic E-state index is 13.3. The number of nitrogens with one attached hydrogen (secondary N) is 1. The molecule has 1 amide bonds. The van der Waals surface area contributed by atoms with E-state index in [1.54, 1.807) is 37.5 Å². The van der Waals surface area contributed by atoms with Gasteiger partial charge in [0.2, 0.25) is 6.10 Å². The lowest BCUT2D eigenvalue weighted by atomic mass is 10.1. The molecule has 0 saturated carbocycles. The number of amides is 1. The third kappa shape index (κ3) is 4.83. The number of carbonyl (C=O) groups is 2. The van der Waals surface area contributed by atoms with Crippen LogP contribution in [0.4, 0.5) is 18.9 Å². The minimum Gasteiger partial charge on any atom is -0.443 e. The summed E-state index contributed by atoms with van der Waals surface area (Å²) in [6.07, 6.45) is -4.59. The number of benzene rings is 2. The number of esters is 1. The number of alkyl halides is 3. The number of aromatic nitrogens is 1. The van der Waals surface area contributed by atoms with Gasteiger partial charge in [-0.15, -0.1) is 0 Å². The molecular weight excluding hydrogens is 421 g/mol. The molecule has 1 N–H and O–H groups in total. The predicted octanol–water partition coefficient (Wildman–Crippen LogP) is 5.23. The lowest BCUT2D eigenvalue weighted by molar-refractivity contribution is -0.137. The molecule has 156 valence electrons. The molecule has 1 heterocycles. The average Bonchev–Trinajstić information content (AvgIpc) is 3.13. The molecular formula is C21H16ClF3N2O3. The van der Waals surface area contributed by atoms with E-state index in [4.69, 9.17) is 16.3 Å². The quantitative estimate of drug-likeness (QED) is 0.557. The summed E-state index contributed by atoms with van der Waals surface area (Å²) in [6.45, 7) is 0. The molecule has 3 aromatic rings. The molecule has 0 spiro atoms. The SMILES string of the molecule is Cn1cccc1C(=O)OC(C(=O)Nc1ccc(Cl)cc1C(F)(F)F)c1ccccc1. The number of carbonyl (C=O) groups excluding carboxylic acids is 2. The van der Waals surface area contributed by atoms with Crippen molar-refractivity contribution in [3.63, 3.8) is 0 Å². The van der Waals surface area contributed by atoms with Crippen LogP contribution in [0.15, 0.2) is 66.9 Å². The minimum atomic E-state index is -4.74. The van der Waals surface area contributed by atoms with E-state index in [-0.39, 0.29) is 10.7 Å². The van der Waals surface area contributed by atoms with Crippen molar-refractivity contribution in [3.05, 3.63) is 88.7 Å². The van der Waals surface area contributed by atoms with E-state index in [1.807, 2.05) is 0 Å². The fraction of sp³-hybridized carbons (Fsp3) is 0.143. The molecule has 0 fully saturated rings. The van der Waals surface area contributed by atoms with Gasteiger partial charge < -0.3 is 14.6 Å². The number of aryl methyl sites for hydroxylation is 1. The van der Waals surface area contributed by atoms with Gasteiger partial charge in [-0.25, -0.2) is 4.79 Å². The third-order valence-corrected chi connectivity index (χ3v) is 4.50. The van der Waals surface area contributed by atoms with Crippen molar-refractivity contribution >= 4 is 29.2 Å². The molecule has 0 aliphatic carbocycles. The number of halogens is 4. The number of nitrogens with zero attached hydrogens (tertiary/aromatic N) is 1. The molecule has 9 heteroatoms. The summed E-state index contributed by atoms with van der Waals surface area (Å²) in [4.78, 5) is 25.4. The van der Waals surface area contributed by atoms with Gasteiger partial charge in [-0.2, -0.15) is 13.2 Å². The van der Waals surface area contributed by atoms with E-state index in [9.17, 15) is 22.8 Å². The fourth-order valence-corrected chi connectivity index (χ4v) is 2.97. The number of ether oxygens (including phenoxy) is 1. The maximum Gasteiger partial charge on any atom is 0.418 e. The summed E-state index contributed by atoms with van der Waals surface area (Å²) < 4.78 is 46.9. The van der Waals surface area contributed by atoms with Gasteiger partial charge >= 0.3 is 12.1 Å². The lowest BCUT2D eigenvalue weighted by Crippen LogP contribution is -2.27. The predicted molar refractivity (Wildman–Crippen MR) is 105 cm³/mol. The highest BCUT2D eigenvalue weighted by molar-refractivity contribution is 6.30. The Bertz CT molecular complexity index is 1060. The minimum absolute atomic E-state index is 0.130. The summed E-state index contributed by atoms with van der Waals surface area (Å²) in [7, 11) is 1.62. The van der Waals surface area contributed by atoms with Crippen LogP contribution < -0.4 is 5.32 Å². The average molecular weight is 437 g/mol. The summed E-state index contributed by atoms with van der Waals surface area (Å²) in [5, 5.41) is 2.08. The van der Waals surface area contributed by atoms with E-state index >= 15 is 0 Å². The van der Waals surface area contributed by atoms with Crippen LogP contribution in [0.5, 0.6) is 0 Å². The first-order chi connectivity index (χ1) is 14.2. The zero-order valence-electron chi connectivity index (χ0n) is 15.6. The number of anilines is 1. The molecule has 0 saturated heterocycles. The van der Waals surface area contributed by atoms with E-state index in [2.05, 4.69) is 5.32 Å². The van der Waals surface area contributed by atoms with Gasteiger partial charge in [0.15, 0.2) is 0 Å². The monoisotopic (exact) mass is 436 g/mol. The van der Waals surface area contributed by atoms with Crippen LogP contribution in [0.1, 0.15) is 27.7 Å². The van der Waals surface area contributed by atoms with Crippen LogP contribution in [-0.2, 0) is 22.8 Å². The van der Waals surface area contributed by atoms with Crippen molar-refractivity contribution in [3.8, 4) is 0 Å². The smallest absolute Gasteiger partial charge is 0.418 e. The second-order valence-corrected chi connectivity index (χ2v) is 6.81. The number of hydrogen-bond acceptors (Lipinski definition) is 3. The van der Waals surface area contributed by atoms with Crippen LogP contribution in [0.25, 0.3) is 0 Å². The van der Waals surface area contributed by atoms with Gasteiger partial charge in [0.25, 0.3) is 5.91 Å². The third-order valence-electron chi connectivity index (χ3n) is 4.26. The summed E-state index contributed by atoms with van der Waals surface area (Å²) in [5.74, 6) is -1.73. The highest BCUT2D eigenvalue weighted by atomic mass is 35.5. The Labute approximate surface area is 175 Å². The Morgan fingerprint density at radius 2 is 1.77 bits per heavy atom. The summed E-state index contributed by atoms with van der Waals surface area (Å²) in [6, 6.07) is 14.1. The Hall–Kier alpha value is -3.26. The van der Waals surface area contributed by atoms with Gasteiger partial charge in [-0.05, 0) is 30.3 Å². The first-order valence-electron chi connectivity index (χ1n) is 8.71. The molecule has 2 aromatic carbocycles. The second-order valence-electron chi connectivity index (χ2n) is 6.38. The van der Waals surface area contributed by atoms with Crippen molar-refractivity contribution < 1.29 is 27.5 Å². The summed E-state index contributed by atoms with van der Waals surface area (Å²) in [5.41, 5.74) is -1.11. The molecule has 30 heavy (non-hydrogen) atoms. The fourth-order valence-electron chi connectivity index (χ4n) is 2.80. The molecule has 1 atom stereocenters. The molecule has 3 rings (SSSR count). The van der Waals surface area contributed by atoms with Crippen LogP contribution in [0, 0.1) is 0 Å². The molecule has 5 nitrogen and oxygen atoms in total. The maximum atomic E-state index is 13.3. The molecule has 0 radical (unpaired) electrons. The zero-order chi connectivity index (χ0) is 21.9. The van der Waals surface area contributed by atoms with E-state index in [0.29, 0.717) is 11.6 Å². The standard InChI is InChI=1S/C21H16ClF3N2O3/c1-27-11-5-8-17(27)20(29)30-18(13-6-3-2-4-7-13)19(28)26-16-10-9-14(22)12-15(16)21(23,24)25/h2-12,18H,1H3,(H,26,28). The lowest BCUT2D eigenvalue weighted by Gasteiger charge is -2.20. The van der Waals surface area contributed by atoms with E-state index in [1.165, 1.54) is 28.8 Å². The first kappa shape index (κ1) is 21.4. The molecule has 1 aromatic heterocycles. The van der Waals surface area contributed by atoms with Gasteiger partial charge in [0.05, 0.1) is 11.3 Å². The Kier molecular flexibility index (Phi) is 6.17. The van der Waals surface area contributed by atoms with Gasteiger partial charge in [-0.3, -0.25) is 4.79 Å². The van der Waals surface area contributed by atoms with Crippen LogP contribution in [0.2, 0.25) is 5.02 Å². The van der Waals surface area contributed by atoms with Crippen molar-refractivity contribution in [2.45, 2.75) is 12.3 Å². The molecule has 1 unspecified atom stereocenters. The highest BCUT2D eigenvalue weighted by Crippen LogP contribution is 2.37. The van der Waals surface area contributed by atoms with Crippen molar-refractivity contribution in [1.82, 2.24) is 4.57 Å². The largest absolute Gasteiger partial charge is 0.443 e. The van der Waals surface area contributed by atoms with Gasteiger partial charge in [0.1, 0.15) is 5.69 Å². The highest BCUT2D eigenvalue weighted by Gasteiger charge is 2.35. The van der Waals surface area contributed by atoms with Crippen molar-refractivity contribution in [1.29, 1.82) is 0 Å². The molecule has 0 aliphatic rings. The Morgan fingerprint density at radius 1 is 1.07 bits per heavy atom. The molecule has 0 bridgehead atoms. The van der Waals surface area contributed by atoms with Crippen molar-refractivity contribution in [2.75, 3.05) is 5.32 Å². The Balaban J connectivity index is 1.92. The topological polar surface area (TPSA) is 60.3 Å². The van der Waals surface area contributed by atoms with Gasteiger partial charge in [0, 0.05) is 23.8 Å². The van der Waals surface area contributed by atoms with E-state index < -0.39 is 35.4 Å². The Morgan fingerprint density at radius 3 is 2.37 bits per heavy atom. The van der Waals surface area contributed by atoms with Crippen LogP contribution in [0.3, 0.4) is 0 Å². The van der Waals surface area contributed by atoms with E-state index in [0.717, 1.165) is 6.07 Å². The first-order valence-corrected chi connectivity index (χ1v) is 9.09. The zero-order valence-corrected chi connectivity index (χ0v) is 16.4. The van der Waals surface area contributed by atoms with Crippen LogP contribution in [-0.4, -0.2) is 16.4 Å². The van der Waals surface area contributed by atoms with Gasteiger partial charge in [-0.1, -0.05) is 41.9 Å². The van der Waals surface area contributed by atoms with Crippen molar-refractivity contribution in [2.24, 2.45) is 7.05 Å². The number of hydrogen-bond donors (Lipinski definition) is 1. The number of rotatable bonds is 5. The van der Waals surface area contributed by atoms with Crippen LogP contribution >= 0.6 is 11.6 Å². The normalized spacial score (nSPS) is 12.3. The molecule has 0 aliphatic heterocycles.